The van der Waals surface area contributed by atoms with Crippen molar-refractivity contribution in [1.29, 1.82) is 0 Å². The molecule has 2 heterocycles. The molecule has 1 aromatic rings. The number of rotatable bonds is 3. The van der Waals surface area contributed by atoms with Crippen LogP contribution >= 0.6 is 11.8 Å². The van der Waals surface area contributed by atoms with E-state index in [0.29, 0.717) is 16.9 Å². The Bertz CT molecular complexity index is 857. The fourth-order valence-electron chi connectivity index (χ4n) is 3.68. The summed E-state index contributed by atoms with van der Waals surface area (Å²) in [7, 11) is 0. The van der Waals surface area contributed by atoms with Gasteiger partial charge in [-0.2, -0.15) is 0 Å². The molecule has 1 fully saturated rings. The molecule has 2 aliphatic carbocycles. The molecule has 2 amide bonds. The summed E-state index contributed by atoms with van der Waals surface area (Å²) in [4.78, 5) is 23.8. The largest absolute Gasteiger partial charge is 0.347 e. The normalized spacial score (nSPS) is 24.7. The third-order valence-electron chi connectivity index (χ3n) is 5.04. The number of fused-ring (bicyclic) bond motifs is 1. The van der Waals surface area contributed by atoms with Crippen molar-refractivity contribution in [3.8, 4) is 0 Å². The first-order chi connectivity index (χ1) is 12.1. The van der Waals surface area contributed by atoms with E-state index in [-0.39, 0.29) is 11.1 Å². The van der Waals surface area contributed by atoms with Gasteiger partial charge in [0.15, 0.2) is 0 Å². The summed E-state index contributed by atoms with van der Waals surface area (Å²) in [6.07, 6.45) is 20.1. The number of nitrogens with zero attached hydrogens (tertiary/aromatic N) is 1. The van der Waals surface area contributed by atoms with Crippen LogP contribution in [0.1, 0.15) is 42.6 Å². The van der Waals surface area contributed by atoms with Gasteiger partial charge in [-0.3, -0.25) is 14.9 Å². The Morgan fingerprint density at radius 2 is 2.20 bits per heavy atom. The lowest BCUT2D eigenvalue weighted by Gasteiger charge is -2.26. The van der Waals surface area contributed by atoms with Gasteiger partial charge in [0.05, 0.1) is 4.91 Å². The van der Waals surface area contributed by atoms with Gasteiger partial charge < -0.3 is 4.57 Å². The van der Waals surface area contributed by atoms with E-state index < -0.39 is 0 Å². The molecule has 2 unspecified atom stereocenters. The molecule has 1 aliphatic heterocycles. The van der Waals surface area contributed by atoms with Crippen molar-refractivity contribution in [1.82, 2.24) is 9.88 Å². The maximum atomic E-state index is 11.9. The third-order valence-corrected chi connectivity index (χ3v) is 5.86. The first-order valence-corrected chi connectivity index (χ1v) is 9.43. The van der Waals surface area contributed by atoms with Gasteiger partial charge in [0.1, 0.15) is 0 Å². The standard InChI is InChI=1S/C20H20N2O2S/c1-13(14-7-3-2-4-8-14)22-12-15(16-9-5-6-10-17(16)22)11-18-19(23)21-20(24)25-18/h2-5,7,9,11-14H,6,8,10H2,1H3,(H,21,23,24)/b18-11-. The SMILES string of the molecule is CC(C1C=CC=CC1)n1cc(/C=C2\SC(=O)NC2=O)c2c1CCC=C2. The molecule has 4 rings (SSSR count). The van der Waals surface area contributed by atoms with Gasteiger partial charge in [-0.25, -0.2) is 0 Å². The number of imide groups is 1. The number of carbonyl (C=O) groups is 2. The Labute approximate surface area is 151 Å². The van der Waals surface area contributed by atoms with E-state index in [1.165, 1.54) is 11.3 Å². The van der Waals surface area contributed by atoms with Crippen LogP contribution in [0.25, 0.3) is 12.2 Å². The lowest BCUT2D eigenvalue weighted by molar-refractivity contribution is -0.115. The summed E-state index contributed by atoms with van der Waals surface area (Å²) in [6, 6.07) is 0.347. The Balaban J connectivity index is 1.73. The van der Waals surface area contributed by atoms with E-state index in [1.807, 2.05) is 6.08 Å². The zero-order chi connectivity index (χ0) is 17.4. The number of amides is 2. The Morgan fingerprint density at radius 3 is 2.92 bits per heavy atom. The quantitative estimate of drug-likeness (QED) is 0.817. The number of hydrogen-bond acceptors (Lipinski definition) is 3. The molecular weight excluding hydrogens is 332 g/mol. The van der Waals surface area contributed by atoms with Crippen molar-refractivity contribution in [2.75, 3.05) is 0 Å². The van der Waals surface area contributed by atoms with Gasteiger partial charge in [0.2, 0.25) is 0 Å². The van der Waals surface area contributed by atoms with Crippen molar-refractivity contribution in [2.24, 2.45) is 5.92 Å². The maximum Gasteiger partial charge on any atom is 0.290 e. The summed E-state index contributed by atoms with van der Waals surface area (Å²) in [5, 5.41) is 2.03. The van der Waals surface area contributed by atoms with E-state index in [9.17, 15) is 9.59 Å². The second-order valence-electron chi connectivity index (χ2n) is 6.60. The molecule has 1 aromatic heterocycles. The van der Waals surface area contributed by atoms with Gasteiger partial charge in [-0.15, -0.1) is 0 Å². The van der Waals surface area contributed by atoms with Crippen molar-refractivity contribution in [2.45, 2.75) is 32.2 Å². The molecule has 128 valence electrons. The lowest BCUT2D eigenvalue weighted by atomic mass is 9.93. The number of aromatic nitrogens is 1. The zero-order valence-electron chi connectivity index (χ0n) is 14.1. The summed E-state index contributed by atoms with van der Waals surface area (Å²) in [5.74, 6) is 0.170. The predicted octanol–water partition coefficient (Wildman–Crippen LogP) is 4.46. The van der Waals surface area contributed by atoms with E-state index in [1.54, 1.807) is 0 Å². The number of allylic oxidation sites excluding steroid dienone is 5. The van der Waals surface area contributed by atoms with Crippen molar-refractivity contribution in [3.05, 3.63) is 58.3 Å². The highest BCUT2D eigenvalue weighted by Gasteiger charge is 2.27. The topological polar surface area (TPSA) is 51.1 Å². The first kappa shape index (κ1) is 16.2. The van der Waals surface area contributed by atoms with E-state index >= 15 is 0 Å². The third kappa shape index (κ3) is 3.04. The minimum absolute atomic E-state index is 0.299. The van der Waals surface area contributed by atoms with Gasteiger partial charge >= 0.3 is 0 Å². The molecule has 1 N–H and O–H groups in total. The van der Waals surface area contributed by atoms with Crippen LogP contribution in [0.3, 0.4) is 0 Å². The Kier molecular flexibility index (Phi) is 4.25. The highest BCUT2D eigenvalue weighted by molar-refractivity contribution is 8.18. The van der Waals surface area contributed by atoms with E-state index in [0.717, 1.165) is 36.6 Å². The highest BCUT2D eigenvalue weighted by Crippen LogP contribution is 2.35. The fourth-order valence-corrected chi connectivity index (χ4v) is 4.36. The van der Waals surface area contributed by atoms with Crippen LogP contribution in [-0.2, 0) is 11.2 Å². The minimum Gasteiger partial charge on any atom is -0.347 e. The second kappa shape index (κ2) is 6.56. The molecular formula is C20H20N2O2S. The molecule has 2 atom stereocenters. The molecule has 25 heavy (non-hydrogen) atoms. The summed E-state index contributed by atoms with van der Waals surface area (Å²) >= 11 is 0.973. The van der Waals surface area contributed by atoms with Crippen LogP contribution in [0.5, 0.6) is 0 Å². The number of carbonyl (C=O) groups excluding carboxylic acids is 2. The molecule has 0 aromatic carbocycles. The average molecular weight is 352 g/mol. The second-order valence-corrected chi connectivity index (χ2v) is 7.61. The molecule has 0 bridgehead atoms. The van der Waals surface area contributed by atoms with Gasteiger partial charge in [-0.05, 0) is 44.0 Å². The zero-order valence-corrected chi connectivity index (χ0v) is 14.9. The maximum absolute atomic E-state index is 11.9. The Hall–Kier alpha value is -2.27. The summed E-state index contributed by atoms with van der Waals surface area (Å²) < 4.78 is 2.36. The molecule has 1 saturated heterocycles. The molecule has 3 aliphatic rings. The first-order valence-electron chi connectivity index (χ1n) is 8.62. The number of thioether (sulfide) groups is 1. The smallest absolute Gasteiger partial charge is 0.290 e. The molecule has 0 spiro atoms. The van der Waals surface area contributed by atoms with Crippen LogP contribution in [0.15, 0.2) is 41.5 Å². The van der Waals surface area contributed by atoms with Crippen LogP contribution in [0.2, 0.25) is 0 Å². The average Bonchev–Trinajstić information content (AvgIpc) is 3.15. The number of nitrogens with one attached hydrogen (secondary N) is 1. The summed E-state index contributed by atoms with van der Waals surface area (Å²) in [6.45, 7) is 2.25. The highest BCUT2D eigenvalue weighted by atomic mass is 32.2. The van der Waals surface area contributed by atoms with Gasteiger partial charge in [0.25, 0.3) is 11.1 Å². The monoisotopic (exact) mass is 352 g/mol. The minimum atomic E-state index is -0.301. The van der Waals surface area contributed by atoms with Crippen LogP contribution in [0.4, 0.5) is 4.79 Å². The van der Waals surface area contributed by atoms with Crippen molar-refractivity contribution < 1.29 is 9.59 Å². The predicted molar refractivity (Wildman–Crippen MR) is 102 cm³/mol. The molecule has 0 radical (unpaired) electrons. The van der Waals surface area contributed by atoms with E-state index in [4.69, 9.17) is 0 Å². The lowest BCUT2D eigenvalue weighted by Crippen LogP contribution is -2.17. The Morgan fingerprint density at radius 1 is 1.32 bits per heavy atom. The fraction of sp³-hybridized carbons (Fsp3) is 0.300. The number of hydrogen-bond donors (Lipinski definition) is 1. The van der Waals surface area contributed by atoms with Crippen LogP contribution < -0.4 is 5.32 Å². The molecule has 0 saturated carbocycles. The summed E-state index contributed by atoms with van der Waals surface area (Å²) in [5.41, 5.74) is 3.51. The van der Waals surface area contributed by atoms with Crippen LogP contribution in [-0.4, -0.2) is 15.7 Å². The molecule has 4 nitrogen and oxygen atoms in total. The molecule has 5 heteroatoms. The van der Waals surface area contributed by atoms with Crippen molar-refractivity contribution >= 4 is 35.1 Å². The van der Waals surface area contributed by atoms with Gasteiger partial charge in [0, 0.05) is 35.0 Å². The van der Waals surface area contributed by atoms with Crippen LogP contribution in [0, 0.1) is 5.92 Å². The van der Waals surface area contributed by atoms with Crippen molar-refractivity contribution in [3.63, 3.8) is 0 Å². The van der Waals surface area contributed by atoms with E-state index in [2.05, 4.69) is 59.5 Å². The van der Waals surface area contributed by atoms with Gasteiger partial charge in [-0.1, -0.05) is 36.5 Å².